The number of carbonyl (C=O) groups is 1. The highest BCUT2D eigenvalue weighted by Gasteiger charge is 2.16. The third-order valence-corrected chi connectivity index (χ3v) is 5.45. The first-order chi connectivity index (χ1) is 15.3. The van der Waals surface area contributed by atoms with Gasteiger partial charge in [-0.2, -0.15) is 0 Å². The lowest BCUT2D eigenvalue weighted by Crippen LogP contribution is -2.35. The molecule has 0 bridgehead atoms. The van der Waals surface area contributed by atoms with Crippen molar-refractivity contribution in [1.82, 2.24) is 19.4 Å². The Bertz CT molecular complexity index is 1200. The number of carbonyl (C=O) groups excluding carboxylic acids is 1. The van der Waals surface area contributed by atoms with Crippen molar-refractivity contribution in [3.63, 3.8) is 0 Å². The smallest absolute Gasteiger partial charge is 0.257 e. The van der Waals surface area contributed by atoms with Crippen LogP contribution in [0.2, 0.25) is 0 Å². The van der Waals surface area contributed by atoms with Crippen molar-refractivity contribution in [2.24, 2.45) is 0 Å². The number of rotatable bonds is 5. The summed E-state index contributed by atoms with van der Waals surface area (Å²) in [5.74, 6) is -0.196. The first-order valence-electron chi connectivity index (χ1n) is 10.4. The van der Waals surface area contributed by atoms with Gasteiger partial charge >= 0.3 is 0 Å². The summed E-state index contributed by atoms with van der Waals surface area (Å²) in [6.45, 7) is 4.06. The van der Waals surface area contributed by atoms with Gasteiger partial charge in [0.2, 0.25) is 0 Å². The average Bonchev–Trinajstić information content (AvgIpc) is 3.25. The summed E-state index contributed by atoms with van der Waals surface area (Å²) in [6.07, 6.45) is 3.33. The molecule has 1 aliphatic heterocycles. The number of hydrogen-bond donors (Lipinski definition) is 1. The van der Waals surface area contributed by atoms with Crippen LogP contribution >= 0.6 is 0 Å². The zero-order valence-corrected chi connectivity index (χ0v) is 17.1. The molecule has 4 aromatic rings. The molecule has 1 aliphatic rings. The Labute approximate surface area is 180 Å². The van der Waals surface area contributed by atoms with E-state index in [0.29, 0.717) is 11.1 Å². The van der Waals surface area contributed by atoms with Crippen LogP contribution in [0.3, 0.4) is 0 Å². The molecule has 2 aromatic carbocycles. The minimum atomic E-state index is -0.196. The molecular weight excluding hydrogens is 390 g/mol. The van der Waals surface area contributed by atoms with E-state index in [0.717, 1.165) is 55.4 Å². The number of para-hydroxylation sites is 2. The van der Waals surface area contributed by atoms with Crippen molar-refractivity contribution >= 4 is 22.8 Å². The lowest BCUT2D eigenvalue weighted by atomic mass is 10.1. The van der Waals surface area contributed by atoms with E-state index < -0.39 is 0 Å². The van der Waals surface area contributed by atoms with E-state index in [1.807, 2.05) is 59.2 Å². The van der Waals surface area contributed by atoms with Crippen LogP contribution in [0.4, 0.5) is 5.69 Å². The van der Waals surface area contributed by atoms with Crippen molar-refractivity contribution < 1.29 is 9.53 Å². The molecule has 31 heavy (non-hydrogen) atoms. The van der Waals surface area contributed by atoms with Crippen LogP contribution in [0.1, 0.15) is 15.9 Å². The highest BCUT2D eigenvalue weighted by atomic mass is 16.5. The number of hydrogen-bond acceptors (Lipinski definition) is 5. The molecule has 156 valence electrons. The number of nitrogens with zero attached hydrogens (tertiary/aromatic N) is 4. The van der Waals surface area contributed by atoms with E-state index in [4.69, 9.17) is 4.74 Å². The van der Waals surface area contributed by atoms with Gasteiger partial charge in [-0.1, -0.05) is 36.4 Å². The maximum atomic E-state index is 13.0. The van der Waals surface area contributed by atoms with Crippen LogP contribution in [0, 0.1) is 0 Å². The number of pyridine rings is 1. The van der Waals surface area contributed by atoms with Crippen LogP contribution in [0.5, 0.6) is 0 Å². The molecule has 0 unspecified atom stereocenters. The zero-order chi connectivity index (χ0) is 21.0. The summed E-state index contributed by atoms with van der Waals surface area (Å²) >= 11 is 0. The normalized spacial score (nSPS) is 14.6. The van der Waals surface area contributed by atoms with Gasteiger partial charge in [0.15, 0.2) is 5.65 Å². The molecule has 1 saturated heterocycles. The van der Waals surface area contributed by atoms with Gasteiger partial charge in [0.05, 0.1) is 18.8 Å². The number of amides is 1. The van der Waals surface area contributed by atoms with Crippen molar-refractivity contribution in [2.75, 3.05) is 31.6 Å². The fourth-order valence-corrected chi connectivity index (χ4v) is 3.78. The second-order valence-corrected chi connectivity index (χ2v) is 7.52. The predicted octanol–water partition coefficient (Wildman–Crippen LogP) is 3.51. The fourth-order valence-electron chi connectivity index (χ4n) is 3.78. The first kappa shape index (κ1) is 19.4. The lowest BCUT2D eigenvalue weighted by molar-refractivity contribution is 0.0342. The van der Waals surface area contributed by atoms with Gasteiger partial charge in [0.25, 0.3) is 5.91 Å². The standard InChI is InChI=1S/C24H23N5O2/c30-24(27-21-9-5-4-6-18(21)16-28-10-12-31-13-11-28)19-14-22-23(25-15-19)29(17-26-22)20-7-2-1-3-8-20/h1-9,14-15,17H,10-13,16H2,(H,27,30). The molecule has 1 fully saturated rings. The van der Waals surface area contributed by atoms with Gasteiger partial charge in [0.1, 0.15) is 11.8 Å². The SMILES string of the molecule is O=C(Nc1ccccc1CN1CCOCC1)c1cnc2c(c1)ncn2-c1ccccc1. The van der Waals surface area contributed by atoms with Crippen LogP contribution in [-0.4, -0.2) is 51.6 Å². The Kier molecular flexibility index (Phi) is 5.43. The number of anilines is 1. The predicted molar refractivity (Wildman–Crippen MR) is 119 cm³/mol. The van der Waals surface area contributed by atoms with E-state index in [1.54, 1.807) is 18.6 Å². The molecule has 0 spiro atoms. The minimum absolute atomic E-state index is 0.196. The van der Waals surface area contributed by atoms with Crippen molar-refractivity contribution in [3.05, 3.63) is 84.3 Å². The minimum Gasteiger partial charge on any atom is -0.379 e. The second-order valence-electron chi connectivity index (χ2n) is 7.52. The quantitative estimate of drug-likeness (QED) is 0.542. The molecular formula is C24H23N5O2. The Balaban J connectivity index is 1.36. The summed E-state index contributed by atoms with van der Waals surface area (Å²) in [5, 5.41) is 3.05. The number of fused-ring (bicyclic) bond motifs is 1. The number of nitrogens with one attached hydrogen (secondary N) is 1. The zero-order valence-electron chi connectivity index (χ0n) is 17.1. The lowest BCUT2D eigenvalue weighted by Gasteiger charge is -2.27. The van der Waals surface area contributed by atoms with Crippen LogP contribution in [-0.2, 0) is 11.3 Å². The molecule has 7 nitrogen and oxygen atoms in total. The summed E-state index contributed by atoms with van der Waals surface area (Å²) in [5.41, 5.74) is 4.75. The molecule has 1 amide bonds. The monoisotopic (exact) mass is 413 g/mol. The summed E-state index contributed by atoms with van der Waals surface area (Å²) in [4.78, 5) is 24.2. The third kappa shape index (κ3) is 4.19. The van der Waals surface area contributed by atoms with Crippen LogP contribution in [0.15, 0.2) is 73.2 Å². The van der Waals surface area contributed by atoms with Crippen molar-refractivity contribution in [1.29, 1.82) is 0 Å². The second kappa shape index (κ2) is 8.67. The molecule has 1 N–H and O–H groups in total. The van der Waals surface area contributed by atoms with Gasteiger partial charge in [-0.05, 0) is 29.8 Å². The molecule has 3 heterocycles. The topological polar surface area (TPSA) is 72.3 Å². The van der Waals surface area contributed by atoms with Crippen molar-refractivity contribution in [2.45, 2.75) is 6.54 Å². The molecule has 0 atom stereocenters. The number of ether oxygens (including phenoxy) is 1. The Hall–Kier alpha value is -3.55. The molecule has 0 aliphatic carbocycles. The molecule has 0 saturated carbocycles. The molecule has 7 heteroatoms. The fraction of sp³-hybridized carbons (Fsp3) is 0.208. The van der Waals surface area contributed by atoms with Gasteiger partial charge in [-0.15, -0.1) is 0 Å². The summed E-state index contributed by atoms with van der Waals surface area (Å²) < 4.78 is 7.34. The molecule has 5 rings (SSSR count). The van der Waals surface area contributed by atoms with Gasteiger partial charge in [-0.25, -0.2) is 9.97 Å². The molecule has 2 aromatic heterocycles. The average molecular weight is 413 g/mol. The highest BCUT2D eigenvalue weighted by molar-refractivity contribution is 6.05. The van der Waals surface area contributed by atoms with Crippen molar-refractivity contribution in [3.8, 4) is 5.69 Å². The Morgan fingerprint density at radius 3 is 2.61 bits per heavy atom. The summed E-state index contributed by atoms with van der Waals surface area (Å²) in [7, 11) is 0. The van der Waals surface area contributed by atoms with Crippen LogP contribution < -0.4 is 5.32 Å². The van der Waals surface area contributed by atoms with E-state index in [1.165, 1.54) is 0 Å². The molecule has 0 radical (unpaired) electrons. The number of benzene rings is 2. The van der Waals surface area contributed by atoms with Crippen LogP contribution in [0.25, 0.3) is 16.9 Å². The van der Waals surface area contributed by atoms with Gasteiger partial charge in [-0.3, -0.25) is 14.3 Å². The largest absolute Gasteiger partial charge is 0.379 e. The number of morpholine rings is 1. The van der Waals surface area contributed by atoms with Gasteiger partial charge < -0.3 is 10.1 Å². The number of aromatic nitrogens is 3. The third-order valence-electron chi connectivity index (χ3n) is 5.45. The first-order valence-corrected chi connectivity index (χ1v) is 10.4. The van der Waals surface area contributed by atoms with E-state index in [2.05, 4.69) is 20.2 Å². The Morgan fingerprint density at radius 1 is 1.00 bits per heavy atom. The van der Waals surface area contributed by atoms with Gasteiger partial charge in [0, 0.05) is 37.2 Å². The van der Waals surface area contributed by atoms with E-state index >= 15 is 0 Å². The summed E-state index contributed by atoms with van der Waals surface area (Å²) in [6, 6.07) is 19.6. The van der Waals surface area contributed by atoms with E-state index in [9.17, 15) is 4.79 Å². The highest BCUT2D eigenvalue weighted by Crippen LogP contribution is 2.21. The van der Waals surface area contributed by atoms with E-state index in [-0.39, 0.29) is 5.91 Å². The number of imidazole rings is 1. The Morgan fingerprint density at radius 2 is 1.77 bits per heavy atom. The maximum Gasteiger partial charge on any atom is 0.257 e. The maximum absolute atomic E-state index is 13.0.